The highest BCUT2D eigenvalue weighted by Crippen LogP contribution is 2.34. The maximum atomic E-state index is 12.5. The third kappa shape index (κ3) is 4.98. The maximum Gasteiger partial charge on any atom is 0.338 e. The number of methoxy groups -OCH3 is 1. The molecular formula is C20H18Cl2N2O4S. The lowest BCUT2D eigenvalue weighted by Gasteiger charge is -2.08. The number of halogens is 2. The Morgan fingerprint density at radius 2 is 1.86 bits per heavy atom. The number of thiazole rings is 1. The van der Waals surface area contributed by atoms with Gasteiger partial charge in [0.05, 0.1) is 39.5 Å². The van der Waals surface area contributed by atoms with Gasteiger partial charge < -0.3 is 9.47 Å². The number of anilines is 1. The number of benzene rings is 2. The van der Waals surface area contributed by atoms with Gasteiger partial charge in [-0.25, -0.2) is 9.78 Å². The fourth-order valence-corrected chi connectivity index (χ4v) is 4.09. The molecule has 3 aromatic rings. The van der Waals surface area contributed by atoms with E-state index in [1.54, 1.807) is 18.2 Å². The van der Waals surface area contributed by atoms with Crippen LogP contribution in [0.2, 0.25) is 10.0 Å². The summed E-state index contributed by atoms with van der Waals surface area (Å²) in [5.74, 6) is -0.472. The maximum absolute atomic E-state index is 12.5. The van der Waals surface area contributed by atoms with Crippen LogP contribution in [0.25, 0.3) is 10.2 Å². The fourth-order valence-electron chi connectivity index (χ4n) is 2.55. The van der Waals surface area contributed by atoms with E-state index in [4.69, 9.17) is 32.7 Å². The van der Waals surface area contributed by atoms with Crippen LogP contribution >= 0.6 is 34.5 Å². The predicted molar refractivity (Wildman–Crippen MR) is 116 cm³/mol. The van der Waals surface area contributed by atoms with E-state index in [-0.39, 0.29) is 21.6 Å². The van der Waals surface area contributed by atoms with Crippen LogP contribution in [0, 0.1) is 0 Å². The van der Waals surface area contributed by atoms with Crippen molar-refractivity contribution in [3.63, 3.8) is 0 Å². The Labute approximate surface area is 181 Å². The van der Waals surface area contributed by atoms with Crippen molar-refractivity contribution in [2.75, 3.05) is 19.0 Å². The van der Waals surface area contributed by atoms with Crippen molar-refractivity contribution in [2.45, 2.75) is 19.8 Å². The van der Waals surface area contributed by atoms with Crippen LogP contribution < -0.4 is 10.1 Å². The Kier molecular flexibility index (Phi) is 6.95. The molecule has 0 bridgehead atoms. The van der Waals surface area contributed by atoms with Crippen molar-refractivity contribution in [3.05, 3.63) is 51.5 Å². The first-order valence-corrected chi connectivity index (χ1v) is 10.4. The van der Waals surface area contributed by atoms with Gasteiger partial charge in [0.2, 0.25) is 0 Å². The third-order valence-electron chi connectivity index (χ3n) is 4.04. The van der Waals surface area contributed by atoms with Crippen molar-refractivity contribution in [3.8, 4) is 5.75 Å². The van der Waals surface area contributed by atoms with E-state index < -0.39 is 5.91 Å². The van der Waals surface area contributed by atoms with Gasteiger partial charge in [0.1, 0.15) is 0 Å². The number of nitrogens with zero attached hydrogens (tertiary/aromatic N) is 1. The summed E-state index contributed by atoms with van der Waals surface area (Å²) in [5.41, 5.74) is 1.39. The smallest absolute Gasteiger partial charge is 0.338 e. The zero-order valence-corrected chi connectivity index (χ0v) is 18.1. The van der Waals surface area contributed by atoms with E-state index in [2.05, 4.69) is 10.3 Å². The molecule has 0 atom stereocenters. The molecule has 3 rings (SSSR count). The number of unbranched alkanes of at least 4 members (excludes halogenated alkanes) is 1. The summed E-state index contributed by atoms with van der Waals surface area (Å²) >= 11 is 13.4. The SMILES string of the molecule is CCCCOC(=O)c1ccc2nc(NC(=O)c3cc(Cl)c(OC)c(Cl)c3)sc2c1. The number of carbonyl (C=O) groups is 2. The lowest BCUT2D eigenvalue weighted by Crippen LogP contribution is -2.11. The standard InChI is InChI=1S/C20H18Cl2N2O4S/c1-3-4-7-28-19(26)11-5-6-15-16(10-11)29-20(23-15)24-18(25)12-8-13(21)17(27-2)14(22)9-12/h5-6,8-10H,3-4,7H2,1-2H3,(H,23,24,25). The van der Waals surface area contributed by atoms with Gasteiger partial charge in [-0.1, -0.05) is 47.9 Å². The minimum absolute atomic E-state index is 0.237. The zero-order chi connectivity index (χ0) is 21.0. The second-order valence-corrected chi connectivity index (χ2v) is 7.96. The quantitative estimate of drug-likeness (QED) is 0.360. The highest BCUT2D eigenvalue weighted by molar-refractivity contribution is 7.22. The highest BCUT2D eigenvalue weighted by Gasteiger charge is 2.16. The molecule has 0 aliphatic rings. The van der Waals surface area contributed by atoms with Crippen LogP contribution in [0.15, 0.2) is 30.3 Å². The molecule has 9 heteroatoms. The van der Waals surface area contributed by atoms with Gasteiger partial charge in [-0.15, -0.1) is 0 Å². The Hall–Kier alpha value is -2.35. The number of ether oxygens (including phenoxy) is 2. The van der Waals surface area contributed by atoms with Gasteiger partial charge >= 0.3 is 5.97 Å². The minimum atomic E-state index is -0.408. The van der Waals surface area contributed by atoms with Crippen molar-refractivity contribution in [1.29, 1.82) is 0 Å². The van der Waals surface area contributed by atoms with E-state index in [1.807, 2.05) is 6.92 Å². The molecule has 0 saturated heterocycles. The second kappa shape index (κ2) is 9.43. The molecule has 0 saturated carbocycles. The predicted octanol–water partition coefficient (Wildman–Crippen LogP) is 5.82. The number of carbonyl (C=O) groups excluding carboxylic acids is 2. The number of rotatable bonds is 7. The minimum Gasteiger partial charge on any atom is -0.494 e. The van der Waals surface area contributed by atoms with Crippen molar-refractivity contribution >= 4 is 61.8 Å². The van der Waals surface area contributed by atoms with Gasteiger partial charge in [-0.05, 0) is 36.8 Å². The van der Waals surface area contributed by atoms with E-state index >= 15 is 0 Å². The van der Waals surface area contributed by atoms with Crippen molar-refractivity contribution in [2.24, 2.45) is 0 Å². The number of fused-ring (bicyclic) bond motifs is 1. The second-order valence-electron chi connectivity index (χ2n) is 6.12. The zero-order valence-electron chi connectivity index (χ0n) is 15.8. The molecule has 1 amide bonds. The molecule has 29 heavy (non-hydrogen) atoms. The molecule has 0 fully saturated rings. The van der Waals surface area contributed by atoms with Gasteiger partial charge in [0.15, 0.2) is 10.9 Å². The molecular weight excluding hydrogens is 435 g/mol. The summed E-state index contributed by atoms with van der Waals surface area (Å²) in [4.78, 5) is 29.0. The van der Waals surface area contributed by atoms with Gasteiger partial charge in [0, 0.05) is 5.56 Å². The monoisotopic (exact) mass is 452 g/mol. The number of amides is 1. The highest BCUT2D eigenvalue weighted by atomic mass is 35.5. The van der Waals surface area contributed by atoms with Crippen LogP contribution in [-0.2, 0) is 4.74 Å². The molecule has 0 aliphatic carbocycles. The summed E-state index contributed by atoms with van der Waals surface area (Å²) in [7, 11) is 1.45. The molecule has 152 valence electrons. The summed E-state index contributed by atoms with van der Waals surface area (Å²) in [5, 5.41) is 3.59. The normalized spacial score (nSPS) is 10.8. The number of nitrogens with one attached hydrogen (secondary N) is 1. The van der Waals surface area contributed by atoms with E-state index in [0.717, 1.165) is 17.5 Å². The summed E-state index contributed by atoms with van der Waals surface area (Å²) in [6, 6.07) is 8.03. The number of aromatic nitrogens is 1. The third-order valence-corrected chi connectivity index (χ3v) is 5.54. The largest absolute Gasteiger partial charge is 0.494 e. The Balaban J connectivity index is 1.77. The van der Waals surface area contributed by atoms with Crippen LogP contribution in [0.3, 0.4) is 0 Å². The van der Waals surface area contributed by atoms with Crippen molar-refractivity contribution in [1.82, 2.24) is 4.98 Å². The first kappa shape index (κ1) is 21.4. The number of esters is 1. The average molecular weight is 453 g/mol. The number of hydrogen-bond acceptors (Lipinski definition) is 6. The van der Waals surface area contributed by atoms with Crippen LogP contribution in [0.1, 0.15) is 40.5 Å². The summed E-state index contributed by atoms with van der Waals surface area (Å²) < 4.78 is 11.1. The molecule has 1 heterocycles. The van der Waals surface area contributed by atoms with E-state index in [0.29, 0.717) is 28.6 Å². The Morgan fingerprint density at radius 3 is 2.52 bits per heavy atom. The van der Waals surface area contributed by atoms with E-state index in [1.165, 1.54) is 30.6 Å². The topological polar surface area (TPSA) is 77.5 Å². The van der Waals surface area contributed by atoms with Gasteiger partial charge in [0.25, 0.3) is 5.91 Å². The first-order valence-electron chi connectivity index (χ1n) is 8.85. The molecule has 1 aromatic heterocycles. The molecule has 0 radical (unpaired) electrons. The Morgan fingerprint density at radius 1 is 1.14 bits per heavy atom. The molecule has 6 nitrogen and oxygen atoms in total. The molecule has 0 aliphatic heterocycles. The molecule has 0 unspecified atom stereocenters. The van der Waals surface area contributed by atoms with Crippen LogP contribution in [-0.4, -0.2) is 30.6 Å². The average Bonchev–Trinajstić information content (AvgIpc) is 3.09. The first-order chi connectivity index (χ1) is 13.9. The van der Waals surface area contributed by atoms with Gasteiger partial charge in [-0.2, -0.15) is 0 Å². The summed E-state index contributed by atoms with van der Waals surface area (Å²) in [6.45, 7) is 2.42. The van der Waals surface area contributed by atoms with Gasteiger partial charge in [-0.3, -0.25) is 10.1 Å². The van der Waals surface area contributed by atoms with Crippen LogP contribution in [0.5, 0.6) is 5.75 Å². The van der Waals surface area contributed by atoms with Crippen LogP contribution in [0.4, 0.5) is 5.13 Å². The van der Waals surface area contributed by atoms with Crippen molar-refractivity contribution < 1.29 is 19.1 Å². The Bertz CT molecular complexity index is 1040. The molecule has 0 spiro atoms. The fraction of sp³-hybridized carbons (Fsp3) is 0.250. The lowest BCUT2D eigenvalue weighted by molar-refractivity contribution is 0.0500. The molecule has 2 aromatic carbocycles. The lowest BCUT2D eigenvalue weighted by atomic mass is 10.2. The number of hydrogen-bond donors (Lipinski definition) is 1. The molecule has 1 N–H and O–H groups in total. The van der Waals surface area contributed by atoms with E-state index in [9.17, 15) is 9.59 Å². The summed E-state index contributed by atoms with van der Waals surface area (Å²) in [6.07, 6.45) is 1.78.